The molecule has 13 heteroatoms. The molecule has 2 aromatic carbocycles. The van der Waals surface area contributed by atoms with Crippen LogP contribution in [0, 0.1) is 0 Å². The summed E-state index contributed by atoms with van der Waals surface area (Å²) in [6.45, 7) is 0.216. The third-order valence-corrected chi connectivity index (χ3v) is 5.64. The van der Waals surface area contributed by atoms with Crippen LogP contribution in [-0.2, 0) is 25.4 Å². The van der Waals surface area contributed by atoms with Gasteiger partial charge in [0.1, 0.15) is 0 Å². The second-order valence-corrected chi connectivity index (χ2v) is 7.90. The van der Waals surface area contributed by atoms with E-state index in [1.807, 2.05) is 0 Å². The number of aliphatic imine (C=N–C) groups is 1. The van der Waals surface area contributed by atoms with Gasteiger partial charge in [-0.2, -0.15) is 0 Å². The first-order chi connectivity index (χ1) is 16.3. The average molecular weight is 492 g/mol. The number of hydrogen-bond acceptors (Lipinski definition) is 7. The minimum atomic E-state index is -1.57. The van der Waals surface area contributed by atoms with Crippen LogP contribution in [0.25, 0.3) is 0 Å². The summed E-state index contributed by atoms with van der Waals surface area (Å²) < 4.78 is 27.2. The molecule has 0 aliphatic heterocycles. The number of nitrogens with zero attached hydrogens (tertiary/aromatic N) is 2. The van der Waals surface area contributed by atoms with Gasteiger partial charge in [0.2, 0.25) is 5.96 Å². The van der Waals surface area contributed by atoms with E-state index in [-0.39, 0.29) is 30.5 Å². The lowest BCUT2D eigenvalue weighted by Crippen LogP contribution is -2.40. The van der Waals surface area contributed by atoms with Crippen LogP contribution in [0.1, 0.15) is 0 Å². The van der Waals surface area contributed by atoms with Gasteiger partial charge in [-0.1, -0.05) is 18.2 Å². The minimum Gasteiger partial charge on any atom is -0.606 e. The monoisotopic (exact) mass is 491 g/mol. The first-order valence-electron chi connectivity index (χ1n) is 9.76. The van der Waals surface area contributed by atoms with Gasteiger partial charge in [-0.3, -0.25) is 10.2 Å². The normalized spacial score (nSPS) is 11.8. The number of hydrogen-bond donors (Lipinski definition) is 3. The Kier molecular flexibility index (Phi) is 10.1. The molecule has 34 heavy (non-hydrogen) atoms. The number of amides is 4. The van der Waals surface area contributed by atoms with Crippen LogP contribution in [0.4, 0.5) is 25.8 Å². The molecule has 4 amide bonds. The molecular formula is C21H25N5O7S. The topological polar surface area (TPSA) is 168 Å². The van der Waals surface area contributed by atoms with E-state index in [1.165, 1.54) is 24.1 Å². The number of alkyl carbamates (subject to hydrolysis) is 1. The molecule has 1 atom stereocenters. The van der Waals surface area contributed by atoms with Crippen LogP contribution in [0.3, 0.4) is 0 Å². The Labute approximate surface area is 199 Å². The molecule has 182 valence electrons. The second kappa shape index (κ2) is 13.0. The molecule has 0 saturated carbocycles. The Morgan fingerprint density at radius 2 is 1.76 bits per heavy atom. The summed E-state index contributed by atoms with van der Waals surface area (Å²) in [5, 5.41) is 4.98. The summed E-state index contributed by atoms with van der Waals surface area (Å²) in [7, 11) is 3.70. The highest BCUT2D eigenvalue weighted by Crippen LogP contribution is 2.31. The van der Waals surface area contributed by atoms with Crippen LogP contribution < -0.4 is 21.3 Å². The van der Waals surface area contributed by atoms with E-state index in [1.54, 1.807) is 36.4 Å². The summed E-state index contributed by atoms with van der Waals surface area (Å²) in [6, 6.07) is 12.5. The van der Waals surface area contributed by atoms with Crippen molar-refractivity contribution >= 4 is 46.7 Å². The van der Waals surface area contributed by atoms with Gasteiger partial charge in [0.25, 0.3) is 0 Å². The first kappa shape index (κ1) is 26.4. The summed E-state index contributed by atoms with van der Waals surface area (Å²) in [5.74, 6) is -0.340. The van der Waals surface area contributed by atoms with Crippen molar-refractivity contribution in [2.75, 3.05) is 44.7 Å². The zero-order valence-electron chi connectivity index (χ0n) is 18.8. The lowest BCUT2D eigenvalue weighted by Gasteiger charge is -2.24. The maximum Gasteiger partial charge on any atom is 0.436 e. The quantitative estimate of drug-likeness (QED) is 0.301. The number of urea groups is 1. The third kappa shape index (κ3) is 7.37. The van der Waals surface area contributed by atoms with Crippen LogP contribution in [0.15, 0.2) is 63.3 Å². The molecule has 0 bridgehead atoms. The Morgan fingerprint density at radius 3 is 2.35 bits per heavy atom. The maximum atomic E-state index is 13.1. The van der Waals surface area contributed by atoms with Gasteiger partial charge in [0.05, 0.1) is 38.7 Å². The molecule has 0 radical (unpaired) electrons. The zero-order valence-corrected chi connectivity index (χ0v) is 19.6. The van der Waals surface area contributed by atoms with Crippen molar-refractivity contribution in [1.82, 2.24) is 5.32 Å². The van der Waals surface area contributed by atoms with Gasteiger partial charge in [0.15, 0.2) is 9.79 Å². The highest BCUT2D eigenvalue weighted by Gasteiger charge is 2.23. The Hall–Kier alpha value is -3.81. The smallest absolute Gasteiger partial charge is 0.436 e. The number of carbonyl (C=O) groups excluding carboxylic acids is 3. The number of anilines is 2. The van der Waals surface area contributed by atoms with Crippen molar-refractivity contribution in [2.45, 2.75) is 9.79 Å². The van der Waals surface area contributed by atoms with Crippen molar-refractivity contribution in [2.24, 2.45) is 10.7 Å². The van der Waals surface area contributed by atoms with Crippen LogP contribution in [-0.4, -0.2) is 63.2 Å². The zero-order chi connectivity index (χ0) is 25.1. The third-order valence-electron chi connectivity index (χ3n) is 4.25. The number of nitrogens with one attached hydrogen (secondary N) is 2. The number of carbonyl (C=O) groups is 3. The number of benzene rings is 2. The molecule has 2 aromatic rings. The van der Waals surface area contributed by atoms with E-state index in [4.69, 9.17) is 10.5 Å². The van der Waals surface area contributed by atoms with Crippen molar-refractivity contribution in [3.63, 3.8) is 0 Å². The highest BCUT2D eigenvalue weighted by molar-refractivity contribution is 7.91. The lowest BCUT2D eigenvalue weighted by atomic mass is 10.2. The maximum absolute atomic E-state index is 13.1. The average Bonchev–Trinajstić information content (AvgIpc) is 2.84. The van der Waals surface area contributed by atoms with Crippen LogP contribution >= 0.6 is 0 Å². The molecule has 4 N–H and O–H groups in total. The fourth-order valence-corrected chi connectivity index (χ4v) is 3.75. The van der Waals surface area contributed by atoms with E-state index in [9.17, 15) is 18.9 Å². The highest BCUT2D eigenvalue weighted by atomic mass is 32.2. The molecule has 0 heterocycles. The van der Waals surface area contributed by atoms with E-state index in [0.29, 0.717) is 9.79 Å². The van der Waals surface area contributed by atoms with Gasteiger partial charge < -0.3 is 29.8 Å². The molecule has 12 nitrogen and oxygen atoms in total. The fourth-order valence-electron chi connectivity index (χ4n) is 2.67. The molecule has 0 aliphatic rings. The SMILES string of the molecule is COCCN(C(N)=O)c1cc([S+]([O-])c2ccccc2)ccc1NC(=NC(=O)OC)NC(=O)OC. The van der Waals surface area contributed by atoms with E-state index in [2.05, 4.69) is 25.1 Å². The number of nitrogens with two attached hydrogens (primary N) is 1. The van der Waals surface area contributed by atoms with Crippen LogP contribution in [0.5, 0.6) is 0 Å². The Balaban J connectivity index is 2.55. The van der Waals surface area contributed by atoms with Crippen molar-refractivity contribution in [1.29, 1.82) is 0 Å². The minimum absolute atomic E-state index is 0.0653. The Morgan fingerprint density at radius 1 is 1.06 bits per heavy atom. The predicted molar refractivity (Wildman–Crippen MR) is 125 cm³/mol. The number of ether oxygens (including phenoxy) is 3. The van der Waals surface area contributed by atoms with Gasteiger partial charge in [-0.05, 0) is 24.3 Å². The van der Waals surface area contributed by atoms with Crippen molar-refractivity contribution in [3.05, 3.63) is 48.5 Å². The summed E-state index contributed by atoms with van der Waals surface area (Å²) in [6.07, 6.45) is -1.92. The molecule has 1 unspecified atom stereocenters. The van der Waals surface area contributed by atoms with Crippen LogP contribution in [0.2, 0.25) is 0 Å². The van der Waals surface area contributed by atoms with Crippen molar-refractivity contribution in [3.8, 4) is 0 Å². The second-order valence-electron chi connectivity index (χ2n) is 6.42. The molecule has 0 fully saturated rings. The largest absolute Gasteiger partial charge is 0.606 e. The molecule has 0 aliphatic carbocycles. The first-order valence-corrected chi connectivity index (χ1v) is 10.9. The van der Waals surface area contributed by atoms with Gasteiger partial charge in [0, 0.05) is 24.4 Å². The molecule has 2 rings (SSSR count). The summed E-state index contributed by atoms with van der Waals surface area (Å²) >= 11 is -1.57. The molecule has 0 saturated heterocycles. The van der Waals surface area contributed by atoms with Gasteiger partial charge in [-0.25, -0.2) is 14.4 Å². The lowest BCUT2D eigenvalue weighted by molar-refractivity contribution is 0.176. The predicted octanol–water partition coefficient (Wildman–Crippen LogP) is 2.28. The summed E-state index contributed by atoms with van der Waals surface area (Å²) in [5.41, 5.74) is 6.00. The molecule has 0 spiro atoms. The standard InChI is InChI=1S/C21H25N5O7S/c1-31-12-11-26(18(22)27)17-13-15(34(30)14-7-5-4-6-8-14)9-10-16(17)23-19(24-20(28)32-2)25-21(29)33-3/h4-10,13H,11-12H2,1-3H3,(H2,22,27)(H2,23,24,25,28,29). The number of guanidine groups is 1. The Bertz CT molecular complexity index is 1040. The van der Waals surface area contributed by atoms with Gasteiger partial charge >= 0.3 is 18.2 Å². The van der Waals surface area contributed by atoms with E-state index in [0.717, 1.165) is 14.2 Å². The number of primary amides is 1. The van der Waals surface area contributed by atoms with E-state index >= 15 is 0 Å². The molecular weight excluding hydrogens is 466 g/mol. The molecule has 0 aromatic heterocycles. The van der Waals surface area contributed by atoms with Crippen molar-refractivity contribution < 1.29 is 33.1 Å². The summed E-state index contributed by atoms with van der Waals surface area (Å²) in [4.78, 5) is 41.3. The fraction of sp³-hybridized carbons (Fsp3) is 0.238. The van der Waals surface area contributed by atoms with E-state index < -0.39 is 29.4 Å². The number of rotatable bonds is 7. The van der Waals surface area contributed by atoms with Gasteiger partial charge in [-0.15, -0.1) is 4.99 Å². The number of methoxy groups -OCH3 is 3.